The van der Waals surface area contributed by atoms with Gasteiger partial charge < -0.3 is 4.42 Å². The Morgan fingerprint density at radius 1 is 0.949 bits per heavy atom. The number of hydrogen-bond donors (Lipinski definition) is 0. The lowest BCUT2D eigenvalue weighted by Crippen LogP contribution is -2.14. The molecule has 2 heterocycles. The van der Waals surface area contributed by atoms with Crippen LogP contribution in [0.3, 0.4) is 0 Å². The molecule has 0 saturated heterocycles. The lowest BCUT2D eigenvalue weighted by molar-refractivity contribution is 0.0967. The monoisotopic (exact) mass is 517 g/mol. The molecular formula is C34H28FNO3. The number of rotatable bonds is 8. The number of benzene rings is 3. The molecule has 5 aromatic rings. The third-order valence-electron chi connectivity index (χ3n) is 7.89. The van der Waals surface area contributed by atoms with Crippen LogP contribution in [0.2, 0.25) is 0 Å². The highest BCUT2D eigenvalue weighted by Gasteiger charge is 2.46. The molecule has 4 nitrogen and oxygen atoms in total. The van der Waals surface area contributed by atoms with E-state index in [-0.39, 0.29) is 22.8 Å². The summed E-state index contributed by atoms with van der Waals surface area (Å²) in [5.74, 6) is 0.164. The third kappa shape index (κ3) is 4.59. The SMILES string of the molecule is CCC(=O)c1c(-c2ccc(F)cc2)oc2ccc(-c3cc(C(=O)CC4(c5cccnc5)CC4)ccc3C)cc12. The van der Waals surface area contributed by atoms with E-state index >= 15 is 0 Å². The summed E-state index contributed by atoms with van der Waals surface area (Å²) in [7, 11) is 0. The Morgan fingerprint density at radius 2 is 1.72 bits per heavy atom. The van der Waals surface area contributed by atoms with Crippen molar-refractivity contribution in [3.8, 4) is 22.5 Å². The largest absolute Gasteiger partial charge is 0.455 e. The molecule has 6 rings (SSSR count). The zero-order chi connectivity index (χ0) is 27.1. The topological polar surface area (TPSA) is 60.2 Å². The summed E-state index contributed by atoms with van der Waals surface area (Å²) in [5, 5.41) is 0.711. The average Bonchev–Trinajstić information content (AvgIpc) is 3.65. The summed E-state index contributed by atoms with van der Waals surface area (Å²) in [6.07, 6.45) is 6.38. The minimum absolute atomic E-state index is 0.0454. The van der Waals surface area contributed by atoms with E-state index in [0.717, 1.165) is 35.1 Å². The molecule has 1 aliphatic carbocycles. The van der Waals surface area contributed by atoms with Crippen LogP contribution < -0.4 is 0 Å². The van der Waals surface area contributed by atoms with Crippen molar-refractivity contribution in [2.75, 3.05) is 0 Å². The molecule has 194 valence electrons. The number of carbonyl (C=O) groups is 2. The Morgan fingerprint density at radius 3 is 2.41 bits per heavy atom. The van der Waals surface area contributed by atoms with Crippen LogP contribution in [0, 0.1) is 12.7 Å². The van der Waals surface area contributed by atoms with Gasteiger partial charge in [-0.25, -0.2) is 4.39 Å². The van der Waals surface area contributed by atoms with Crippen LogP contribution in [0.15, 0.2) is 89.6 Å². The van der Waals surface area contributed by atoms with Crippen molar-refractivity contribution in [3.05, 3.63) is 113 Å². The maximum Gasteiger partial charge on any atom is 0.167 e. The van der Waals surface area contributed by atoms with Crippen LogP contribution in [0.25, 0.3) is 33.4 Å². The quantitative estimate of drug-likeness (QED) is 0.194. The summed E-state index contributed by atoms with van der Waals surface area (Å²) in [5.41, 5.74) is 6.30. The predicted octanol–water partition coefficient (Wildman–Crippen LogP) is 8.51. The second-order valence-electron chi connectivity index (χ2n) is 10.5. The molecule has 0 N–H and O–H groups in total. The van der Waals surface area contributed by atoms with Crippen molar-refractivity contribution in [1.29, 1.82) is 0 Å². The van der Waals surface area contributed by atoms with Gasteiger partial charge in [0.1, 0.15) is 17.2 Å². The van der Waals surface area contributed by atoms with E-state index in [4.69, 9.17) is 4.42 Å². The average molecular weight is 518 g/mol. The van der Waals surface area contributed by atoms with Gasteiger partial charge in [-0.1, -0.05) is 31.2 Å². The van der Waals surface area contributed by atoms with Crippen molar-refractivity contribution in [2.24, 2.45) is 0 Å². The highest BCUT2D eigenvalue weighted by Crippen LogP contribution is 2.51. The first-order valence-corrected chi connectivity index (χ1v) is 13.3. The maximum absolute atomic E-state index is 13.6. The molecule has 1 saturated carbocycles. The zero-order valence-electron chi connectivity index (χ0n) is 22.0. The predicted molar refractivity (Wildman–Crippen MR) is 150 cm³/mol. The summed E-state index contributed by atoms with van der Waals surface area (Å²) in [6, 6.07) is 21.6. The normalized spacial score (nSPS) is 13.9. The molecule has 0 aliphatic heterocycles. The summed E-state index contributed by atoms with van der Waals surface area (Å²) in [4.78, 5) is 30.8. The fourth-order valence-electron chi connectivity index (χ4n) is 5.43. The zero-order valence-corrected chi connectivity index (χ0v) is 22.0. The van der Waals surface area contributed by atoms with Gasteiger partial charge >= 0.3 is 0 Å². The van der Waals surface area contributed by atoms with Crippen molar-refractivity contribution in [1.82, 2.24) is 4.98 Å². The van der Waals surface area contributed by atoms with Crippen LogP contribution in [0.4, 0.5) is 4.39 Å². The lowest BCUT2D eigenvalue weighted by Gasteiger charge is -2.15. The van der Waals surface area contributed by atoms with Crippen molar-refractivity contribution >= 4 is 22.5 Å². The van der Waals surface area contributed by atoms with Crippen LogP contribution in [-0.2, 0) is 5.41 Å². The Labute approximate surface area is 226 Å². The molecule has 5 heteroatoms. The molecule has 0 spiro atoms. The third-order valence-corrected chi connectivity index (χ3v) is 7.89. The van der Waals surface area contributed by atoms with Gasteiger partial charge in [-0.05, 0) is 90.6 Å². The Balaban J connectivity index is 1.39. The van der Waals surface area contributed by atoms with Gasteiger partial charge in [0.2, 0.25) is 0 Å². The molecule has 0 atom stereocenters. The minimum atomic E-state index is -0.349. The molecule has 0 unspecified atom stereocenters. The molecule has 3 aromatic carbocycles. The number of Topliss-reactive ketones (excluding diaryl/α,β-unsaturated/α-hetero) is 2. The number of ketones is 2. The van der Waals surface area contributed by atoms with Gasteiger partial charge in [0.05, 0.1) is 5.56 Å². The van der Waals surface area contributed by atoms with Gasteiger partial charge in [-0.15, -0.1) is 0 Å². The van der Waals surface area contributed by atoms with Crippen LogP contribution in [-0.4, -0.2) is 16.6 Å². The molecule has 1 aliphatic rings. The molecule has 0 bridgehead atoms. The Hall–Kier alpha value is -4.38. The van der Waals surface area contributed by atoms with E-state index in [9.17, 15) is 14.0 Å². The van der Waals surface area contributed by atoms with Crippen molar-refractivity contribution < 1.29 is 18.4 Å². The first-order chi connectivity index (χ1) is 18.9. The summed E-state index contributed by atoms with van der Waals surface area (Å²) in [6.45, 7) is 3.83. The van der Waals surface area contributed by atoms with Gasteiger partial charge in [-0.2, -0.15) is 0 Å². The van der Waals surface area contributed by atoms with Crippen molar-refractivity contribution in [3.63, 3.8) is 0 Å². The number of furan rings is 1. The van der Waals surface area contributed by atoms with Gasteiger partial charge in [-0.3, -0.25) is 14.6 Å². The number of nitrogens with zero attached hydrogens (tertiary/aromatic N) is 1. The fraction of sp³-hybridized carbons (Fsp3) is 0.206. The van der Waals surface area contributed by atoms with E-state index < -0.39 is 0 Å². The molecular weight excluding hydrogens is 489 g/mol. The van der Waals surface area contributed by atoms with Gasteiger partial charge in [0.25, 0.3) is 0 Å². The maximum atomic E-state index is 13.6. The number of pyridine rings is 1. The molecule has 1 fully saturated rings. The van der Waals surface area contributed by atoms with E-state index in [1.165, 1.54) is 12.1 Å². The highest BCUT2D eigenvalue weighted by atomic mass is 19.1. The van der Waals surface area contributed by atoms with Crippen LogP contribution in [0.5, 0.6) is 0 Å². The number of aryl methyl sites for hydroxylation is 1. The van der Waals surface area contributed by atoms with Crippen LogP contribution >= 0.6 is 0 Å². The molecule has 0 radical (unpaired) electrons. The summed E-state index contributed by atoms with van der Waals surface area (Å²) >= 11 is 0. The fourth-order valence-corrected chi connectivity index (χ4v) is 5.43. The van der Waals surface area contributed by atoms with E-state index in [1.807, 2.05) is 62.5 Å². The van der Waals surface area contributed by atoms with E-state index in [0.29, 0.717) is 46.3 Å². The summed E-state index contributed by atoms with van der Waals surface area (Å²) < 4.78 is 19.7. The number of halogens is 1. The minimum Gasteiger partial charge on any atom is -0.455 e. The van der Waals surface area contributed by atoms with E-state index in [2.05, 4.69) is 11.1 Å². The van der Waals surface area contributed by atoms with Gasteiger partial charge in [0, 0.05) is 47.2 Å². The smallest absolute Gasteiger partial charge is 0.167 e. The molecule has 39 heavy (non-hydrogen) atoms. The van der Waals surface area contributed by atoms with Crippen molar-refractivity contribution in [2.45, 2.75) is 44.9 Å². The first-order valence-electron chi connectivity index (χ1n) is 13.3. The second kappa shape index (κ2) is 9.73. The van der Waals surface area contributed by atoms with Crippen LogP contribution in [0.1, 0.15) is 64.4 Å². The molecule has 2 aromatic heterocycles. The number of aromatic nitrogens is 1. The number of fused-ring (bicyclic) bond motifs is 1. The number of hydrogen-bond acceptors (Lipinski definition) is 4. The Kier molecular flexibility index (Phi) is 6.22. The first kappa shape index (κ1) is 24.9. The number of carbonyl (C=O) groups excluding carboxylic acids is 2. The highest BCUT2D eigenvalue weighted by molar-refractivity contribution is 6.12. The van der Waals surface area contributed by atoms with E-state index in [1.54, 1.807) is 18.3 Å². The second-order valence-corrected chi connectivity index (χ2v) is 10.5. The standard InChI is InChI=1S/C34H28FNO3/c1-3-29(37)32-28-17-23(10-13-31(28)39-33(32)22-8-11-26(35)12-9-22)27-18-24(7-6-21(27)2)30(38)19-34(14-15-34)25-5-4-16-36-20-25/h4-13,16-18,20H,3,14-15,19H2,1-2H3. The molecule has 0 amide bonds. The Bertz CT molecular complexity index is 1710. The van der Waals surface area contributed by atoms with Gasteiger partial charge in [0.15, 0.2) is 11.6 Å². The lowest BCUT2D eigenvalue weighted by atomic mass is 9.88.